The van der Waals surface area contributed by atoms with Crippen molar-refractivity contribution in [1.82, 2.24) is 4.90 Å². The normalized spacial score (nSPS) is 16.2. The van der Waals surface area contributed by atoms with Gasteiger partial charge in [0.25, 0.3) is 5.91 Å². The van der Waals surface area contributed by atoms with Crippen LogP contribution >= 0.6 is 15.9 Å². The quantitative estimate of drug-likeness (QED) is 0.773. The van der Waals surface area contributed by atoms with Crippen molar-refractivity contribution >= 4 is 21.8 Å². The van der Waals surface area contributed by atoms with Crippen LogP contribution in [0.25, 0.3) is 0 Å². The summed E-state index contributed by atoms with van der Waals surface area (Å²) < 4.78 is 0.936. The summed E-state index contributed by atoms with van der Waals surface area (Å²) in [6, 6.07) is 5.85. The predicted molar refractivity (Wildman–Crippen MR) is 68.6 cm³/mol. The second-order valence-electron chi connectivity index (χ2n) is 4.29. The van der Waals surface area contributed by atoms with E-state index in [0.717, 1.165) is 41.5 Å². The van der Waals surface area contributed by atoms with E-state index in [2.05, 4.69) is 15.9 Å². The molecule has 1 aliphatic heterocycles. The van der Waals surface area contributed by atoms with Gasteiger partial charge in [0.15, 0.2) is 0 Å². The number of aryl methyl sites for hydroxylation is 1. The topological polar surface area (TPSA) is 20.3 Å². The number of amides is 1. The number of hydrogen-bond acceptors (Lipinski definition) is 1. The van der Waals surface area contributed by atoms with Crippen molar-refractivity contribution < 1.29 is 4.79 Å². The summed E-state index contributed by atoms with van der Waals surface area (Å²) in [5.74, 6) is 0.162. The highest BCUT2D eigenvalue weighted by atomic mass is 79.9. The molecule has 0 atom stereocenters. The highest BCUT2D eigenvalue weighted by Crippen LogP contribution is 2.23. The molecule has 1 amide bonds. The number of nitrogens with zero attached hydrogens (tertiary/aromatic N) is 1. The maximum absolute atomic E-state index is 12.3. The fraction of sp³-hybridized carbons (Fsp3) is 0.462. The summed E-state index contributed by atoms with van der Waals surface area (Å²) in [7, 11) is 0. The molecule has 1 heterocycles. The maximum Gasteiger partial charge on any atom is 0.255 e. The summed E-state index contributed by atoms with van der Waals surface area (Å²) in [5.41, 5.74) is 1.91. The van der Waals surface area contributed by atoms with E-state index < -0.39 is 0 Å². The largest absolute Gasteiger partial charge is 0.339 e. The fourth-order valence-corrected chi connectivity index (χ4v) is 2.51. The van der Waals surface area contributed by atoms with Crippen LogP contribution in [0.5, 0.6) is 0 Å². The molecule has 0 aliphatic carbocycles. The molecule has 1 aromatic carbocycles. The molecule has 0 aromatic heterocycles. The molecule has 0 saturated carbocycles. The lowest BCUT2D eigenvalue weighted by Gasteiger charge is -2.27. The van der Waals surface area contributed by atoms with Crippen molar-refractivity contribution in [3.8, 4) is 0 Å². The van der Waals surface area contributed by atoms with Crippen molar-refractivity contribution in [3.05, 3.63) is 33.8 Å². The van der Waals surface area contributed by atoms with E-state index in [4.69, 9.17) is 0 Å². The second kappa shape index (κ2) is 5.00. The number of carbonyl (C=O) groups excluding carboxylic acids is 1. The van der Waals surface area contributed by atoms with Crippen LogP contribution in [0.4, 0.5) is 0 Å². The van der Waals surface area contributed by atoms with Crippen LogP contribution in [0.1, 0.15) is 35.2 Å². The SMILES string of the molecule is Cc1cccc(C(=O)N2CCCCC2)c1Br. The van der Waals surface area contributed by atoms with Crippen molar-refractivity contribution in [1.29, 1.82) is 0 Å². The molecule has 1 fully saturated rings. The van der Waals surface area contributed by atoms with Gasteiger partial charge in [-0.25, -0.2) is 0 Å². The molecule has 1 aliphatic rings. The van der Waals surface area contributed by atoms with Gasteiger partial charge in [-0.2, -0.15) is 0 Å². The Bertz CT molecular complexity index is 397. The molecule has 3 heteroatoms. The molecule has 0 N–H and O–H groups in total. The van der Waals surface area contributed by atoms with Crippen LogP contribution in [-0.2, 0) is 0 Å². The summed E-state index contributed by atoms with van der Waals surface area (Å²) >= 11 is 3.50. The lowest BCUT2D eigenvalue weighted by atomic mass is 10.1. The van der Waals surface area contributed by atoms with Gasteiger partial charge in [0.2, 0.25) is 0 Å². The number of halogens is 1. The molecule has 0 radical (unpaired) electrons. The number of carbonyl (C=O) groups is 1. The molecule has 2 rings (SSSR count). The first-order chi connectivity index (χ1) is 7.70. The Kier molecular flexibility index (Phi) is 3.64. The zero-order valence-corrected chi connectivity index (χ0v) is 11.1. The zero-order chi connectivity index (χ0) is 11.5. The summed E-state index contributed by atoms with van der Waals surface area (Å²) in [6.45, 7) is 3.81. The molecule has 1 saturated heterocycles. The molecule has 0 spiro atoms. The summed E-state index contributed by atoms with van der Waals surface area (Å²) in [6.07, 6.45) is 3.52. The van der Waals surface area contributed by atoms with Crippen LogP contribution in [-0.4, -0.2) is 23.9 Å². The molecule has 0 unspecified atom stereocenters. The molecule has 1 aromatic rings. The standard InChI is InChI=1S/C13H16BrNO/c1-10-6-5-7-11(12(10)14)13(16)15-8-3-2-4-9-15/h5-7H,2-4,8-9H2,1H3. The van der Waals surface area contributed by atoms with Gasteiger partial charge in [-0.1, -0.05) is 12.1 Å². The van der Waals surface area contributed by atoms with Crippen molar-refractivity contribution in [2.24, 2.45) is 0 Å². The average Bonchev–Trinajstić information content (AvgIpc) is 2.33. The van der Waals surface area contributed by atoms with Crippen LogP contribution in [0.2, 0.25) is 0 Å². The van der Waals surface area contributed by atoms with Gasteiger partial charge >= 0.3 is 0 Å². The minimum atomic E-state index is 0.162. The van der Waals surface area contributed by atoms with Crippen LogP contribution in [0.3, 0.4) is 0 Å². The van der Waals surface area contributed by atoms with Gasteiger partial charge in [-0.3, -0.25) is 4.79 Å². The minimum absolute atomic E-state index is 0.162. The lowest BCUT2D eigenvalue weighted by Crippen LogP contribution is -2.35. The summed E-state index contributed by atoms with van der Waals surface area (Å²) in [5, 5.41) is 0. The third-order valence-corrected chi connectivity index (χ3v) is 4.12. The third-order valence-electron chi connectivity index (χ3n) is 3.07. The van der Waals surface area contributed by atoms with Crippen LogP contribution in [0, 0.1) is 6.92 Å². The van der Waals surface area contributed by atoms with Crippen LogP contribution < -0.4 is 0 Å². The maximum atomic E-state index is 12.3. The van der Waals surface area contributed by atoms with Crippen LogP contribution in [0.15, 0.2) is 22.7 Å². The molecule has 16 heavy (non-hydrogen) atoms. The van der Waals surface area contributed by atoms with E-state index >= 15 is 0 Å². The minimum Gasteiger partial charge on any atom is -0.339 e. The van der Waals surface area contributed by atoms with Gasteiger partial charge in [0.1, 0.15) is 0 Å². The fourth-order valence-electron chi connectivity index (χ4n) is 2.08. The highest BCUT2D eigenvalue weighted by Gasteiger charge is 2.20. The first-order valence-corrected chi connectivity index (χ1v) is 6.54. The van der Waals surface area contributed by atoms with E-state index in [1.807, 2.05) is 30.0 Å². The Morgan fingerprint density at radius 1 is 1.25 bits per heavy atom. The Morgan fingerprint density at radius 3 is 2.62 bits per heavy atom. The van der Waals surface area contributed by atoms with Crippen molar-refractivity contribution in [2.45, 2.75) is 26.2 Å². The average molecular weight is 282 g/mol. The van der Waals surface area contributed by atoms with Gasteiger partial charge < -0.3 is 4.90 Å². The number of benzene rings is 1. The van der Waals surface area contributed by atoms with Gasteiger partial charge in [0, 0.05) is 17.6 Å². The number of hydrogen-bond donors (Lipinski definition) is 0. The second-order valence-corrected chi connectivity index (χ2v) is 5.08. The molecule has 0 bridgehead atoms. The number of piperidine rings is 1. The Labute approximate surface area is 105 Å². The Morgan fingerprint density at radius 2 is 1.94 bits per heavy atom. The number of likely N-dealkylation sites (tertiary alicyclic amines) is 1. The molecular weight excluding hydrogens is 266 g/mol. The molecule has 86 valence electrons. The summed E-state index contributed by atoms with van der Waals surface area (Å²) in [4.78, 5) is 14.2. The first-order valence-electron chi connectivity index (χ1n) is 5.74. The molecular formula is C13H16BrNO. The van der Waals surface area contributed by atoms with E-state index in [0.29, 0.717) is 0 Å². The Hall–Kier alpha value is -0.830. The number of rotatable bonds is 1. The lowest BCUT2D eigenvalue weighted by molar-refractivity contribution is 0.0723. The zero-order valence-electron chi connectivity index (χ0n) is 9.50. The predicted octanol–water partition coefficient (Wildman–Crippen LogP) is 3.38. The van der Waals surface area contributed by atoms with Gasteiger partial charge in [-0.15, -0.1) is 0 Å². The van der Waals surface area contributed by atoms with E-state index in [1.54, 1.807) is 0 Å². The van der Waals surface area contributed by atoms with E-state index in [-0.39, 0.29) is 5.91 Å². The molecule has 2 nitrogen and oxygen atoms in total. The third kappa shape index (κ3) is 2.29. The van der Waals surface area contributed by atoms with Crippen molar-refractivity contribution in [3.63, 3.8) is 0 Å². The van der Waals surface area contributed by atoms with Gasteiger partial charge in [-0.05, 0) is 53.7 Å². The van der Waals surface area contributed by atoms with Crippen molar-refractivity contribution in [2.75, 3.05) is 13.1 Å². The Balaban J connectivity index is 2.22. The first kappa shape index (κ1) is 11.6. The highest BCUT2D eigenvalue weighted by molar-refractivity contribution is 9.10. The van der Waals surface area contributed by atoms with E-state index in [1.165, 1.54) is 6.42 Å². The van der Waals surface area contributed by atoms with Gasteiger partial charge in [0.05, 0.1) is 5.56 Å². The monoisotopic (exact) mass is 281 g/mol. The smallest absolute Gasteiger partial charge is 0.255 e. The van der Waals surface area contributed by atoms with E-state index in [9.17, 15) is 4.79 Å².